The Balaban J connectivity index is 1.49. The minimum Gasteiger partial charge on any atom is -0.497 e. The van der Waals surface area contributed by atoms with Gasteiger partial charge >= 0.3 is 0 Å². The molecule has 0 bridgehead atoms. The van der Waals surface area contributed by atoms with E-state index < -0.39 is 43.4 Å². The van der Waals surface area contributed by atoms with Crippen molar-refractivity contribution in [1.82, 2.24) is 0 Å². The molecule has 7 atom stereocenters. The molecule has 0 amide bonds. The first-order valence-corrected chi connectivity index (χ1v) is 25.3. The largest absolute Gasteiger partial charge is 0.497 e. The van der Waals surface area contributed by atoms with Gasteiger partial charge in [-0.15, -0.1) is 0 Å². The van der Waals surface area contributed by atoms with Crippen molar-refractivity contribution in [3.63, 3.8) is 0 Å². The van der Waals surface area contributed by atoms with Crippen LogP contribution in [0.25, 0.3) is 0 Å². The fourth-order valence-corrected chi connectivity index (χ4v) is 12.1. The zero-order valence-corrected chi connectivity index (χ0v) is 40.5. The predicted molar refractivity (Wildman–Crippen MR) is 251 cm³/mol. The second-order valence-corrected chi connectivity index (χ2v) is 23.0. The summed E-state index contributed by atoms with van der Waals surface area (Å²) in [6, 6.07) is 42.1. The maximum Gasteiger partial charge on any atom is 0.192 e. The first-order valence-electron chi connectivity index (χ1n) is 22.7. The zero-order valence-electron chi connectivity index (χ0n) is 39.5. The first-order chi connectivity index (χ1) is 29.6. The van der Waals surface area contributed by atoms with E-state index in [1.807, 2.05) is 70.2 Å². The molecule has 0 unspecified atom stereocenters. The zero-order chi connectivity index (χ0) is 45.1. The van der Waals surface area contributed by atoms with Crippen LogP contribution in [0.4, 0.5) is 0 Å². The normalized spacial score (nSPS) is 20.2. The maximum atomic E-state index is 13.6. The van der Waals surface area contributed by atoms with E-state index in [-0.39, 0.29) is 29.8 Å². The lowest BCUT2D eigenvalue weighted by Crippen LogP contribution is -2.59. The molecule has 0 saturated carbocycles. The monoisotopic (exact) mass is 867 g/mol. The van der Waals surface area contributed by atoms with Gasteiger partial charge in [-0.25, -0.2) is 0 Å². The van der Waals surface area contributed by atoms with Gasteiger partial charge in [0.1, 0.15) is 17.1 Å². The second-order valence-electron chi connectivity index (χ2n) is 18.3. The predicted octanol–water partition coefficient (Wildman–Crippen LogP) is 11.8. The van der Waals surface area contributed by atoms with Gasteiger partial charge in [0.05, 0.1) is 56.3 Å². The highest BCUT2D eigenvalue weighted by Crippen LogP contribution is 2.44. The molecule has 1 fully saturated rings. The second kappa shape index (κ2) is 21.8. The average molecular weight is 867 g/mol. The van der Waals surface area contributed by atoms with E-state index >= 15 is 0 Å². The summed E-state index contributed by atoms with van der Waals surface area (Å²) in [5.41, 5.74) is 2.40. The first kappa shape index (κ1) is 49.3. The van der Waals surface area contributed by atoms with E-state index in [0.717, 1.165) is 46.1 Å². The molecule has 0 radical (unpaired) electrons. The van der Waals surface area contributed by atoms with E-state index in [0.29, 0.717) is 19.6 Å². The lowest BCUT2D eigenvalue weighted by atomic mass is 9.77. The molecule has 4 aromatic rings. The standard InChI is InChI=1S/C53H74O8Si/c1-13-62(14-2,15-3)61-49(50(51(7,8)40(6)54)57-37-41-31-33-45(55-11)34-32-41)47(56-12)35-46-39(5)48(60-52(9,10)59-46)38(4)36-58-53(42-25-19-16-20-26-42,43-27-21-17-22-28-43)44-29-23-18-24-30-44/h16-34,38-39,46-50H,13-15,35-37H2,1-12H3/t38-,39+,46+,47+,48-,49-,50+/m1/s1. The van der Waals surface area contributed by atoms with Crippen LogP contribution >= 0.6 is 0 Å². The lowest BCUT2D eigenvalue weighted by Gasteiger charge is -2.49. The van der Waals surface area contributed by atoms with E-state index in [1.54, 1.807) is 21.1 Å². The number of ketones is 1. The molecule has 0 aliphatic carbocycles. The van der Waals surface area contributed by atoms with Gasteiger partial charge in [0.15, 0.2) is 14.1 Å². The fourth-order valence-electron chi connectivity index (χ4n) is 9.20. The molecule has 9 heteroatoms. The molecule has 1 saturated heterocycles. The van der Waals surface area contributed by atoms with Crippen LogP contribution in [0.5, 0.6) is 5.75 Å². The van der Waals surface area contributed by atoms with Gasteiger partial charge in [-0.3, -0.25) is 4.79 Å². The summed E-state index contributed by atoms with van der Waals surface area (Å²) in [6.45, 7) is 21.4. The summed E-state index contributed by atoms with van der Waals surface area (Å²) >= 11 is 0. The number of methoxy groups -OCH3 is 2. The van der Waals surface area contributed by atoms with Gasteiger partial charge < -0.3 is 32.8 Å². The Morgan fingerprint density at radius 2 is 1.27 bits per heavy atom. The third kappa shape index (κ3) is 11.3. The SMILES string of the molecule is CC[Si](CC)(CC)O[C@H]([C@H](C[C@@H]1OC(C)(C)O[C@H]([C@H](C)COC(c2ccccc2)(c2ccccc2)c2ccccc2)[C@H]1C)OC)[C@H](OCc1ccc(OC)cc1)C(C)(C)C(C)=O. The number of hydrogen-bond acceptors (Lipinski definition) is 8. The minimum absolute atomic E-state index is 0.0285. The Kier molecular flexibility index (Phi) is 17.4. The molecule has 0 aromatic heterocycles. The van der Waals surface area contributed by atoms with Crippen LogP contribution in [-0.4, -0.2) is 71.2 Å². The van der Waals surface area contributed by atoms with Gasteiger partial charge in [-0.05, 0) is 73.3 Å². The van der Waals surface area contributed by atoms with Crippen molar-refractivity contribution in [2.24, 2.45) is 17.3 Å². The van der Waals surface area contributed by atoms with Crippen LogP contribution in [0.15, 0.2) is 115 Å². The van der Waals surface area contributed by atoms with Gasteiger partial charge in [0.2, 0.25) is 0 Å². The number of carbonyl (C=O) groups is 1. The number of rotatable bonds is 23. The average Bonchev–Trinajstić information content (AvgIpc) is 3.29. The summed E-state index contributed by atoms with van der Waals surface area (Å²) in [5.74, 6) is -0.171. The van der Waals surface area contributed by atoms with Crippen molar-refractivity contribution >= 4 is 14.1 Å². The van der Waals surface area contributed by atoms with Crippen molar-refractivity contribution < 1.29 is 37.6 Å². The highest BCUT2D eigenvalue weighted by atomic mass is 28.4. The molecule has 1 heterocycles. The smallest absolute Gasteiger partial charge is 0.192 e. The molecule has 1 aliphatic rings. The van der Waals surface area contributed by atoms with Gasteiger partial charge in [-0.2, -0.15) is 0 Å². The van der Waals surface area contributed by atoms with Crippen LogP contribution in [0.1, 0.15) is 97.9 Å². The molecule has 0 N–H and O–H groups in total. The molecule has 62 heavy (non-hydrogen) atoms. The summed E-state index contributed by atoms with van der Waals surface area (Å²) in [7, 11) is 1.12. The summed E-state index contributed by atoms with van der Waals surface area (Å²) in [6.07, 6.45) is -1.59. The van der Waals surface area contributed by atoms with Gasteiger partial charge in [0, 0.05) is 25.4 Å². The number of benzene rings is 4. The third-order valence-electron chi connectivity index (χ3n) is 13.6. The van der Waals surface area contributed by atoms with Crippen LogP contribution in [0.2, 0.25) is 18.1 Å². The molecular formula is C53H74O8Si. The van der Waals surface area contributed by atoms with Gasteiger partial charge in [-0.1, -0.05) is 152 Å². The quantitative estimate of drug-likeness (QED) is 0.0539. The van der Waals surface area contributed by atoms with Crippen LogP contribution in [0, 0.1) is 17.3 Å². The Hall–Kier alpha value is -3.67. The summed E-state index contributed by atoms with van der Waals surface area (Å²) < 4.78 is 47.4. The molecular weight excluding hydrogens is 793 g/mol. The molecule has 5 rings (SSSR count). The Labute approximate surface area is 374 Å². The van der Waals surface area contributed by atoms with Crippen molar-refractivity contribution in [3.8, 4) is 5.75 Å². The van der Waals surface area contributed by atoms with E-state index in [9.17, 15) is 4.79 Å². The van der Waals surface area contributed by atoms with E-state index in [2.05, 4.69) is 107 Å². The Bertz CT molecular complexity index is 1830. The van der Waals surface area contributed by atoms with Crippen molar-refractivity contribution in [1.29, 1.82) is 0 Å². The topological polar surface area (TPSA) is 81.7 Å². The Morgan fingerprint density at radius 3 is 1.71 bits per heavy atom. The molecule has 0 spiro atoms. The fraction of sp³-hybridized carbons (Fsp3) is 0.528. The van der Waals surface area contributed by atoms with Gasteiger partial charge in [0.25, 0.3) is 0 Å². The number of carbonyl (C=O) groups excluding carboxylic acids is 1. The third-order valence-corrected chi connectivity index (χ3v) is 18.2. The van der Waals surface area contributed by atoms with Crippen molar-refractivity contribution in [2.75, 3.05) is 20.8 Å². The number of hydrogen-bond donors (Lipinski definition) is 0. The van der Waals surface area contributed by atoms with E-state index in [4.69, 9.17) is 32.8 Å². The van der Waals surface area contributed by atoms with Crippen LogP contribution in [0.3, 0.4) is 0 Å². The van der Waals surface area contributed by atoms with Crippen LogP contribution in [-0.2, 0) is 45.1 Å². The highest BCUT2D eigenvalue weighted by molar-refractivity contribution is 6.73. The summed E-state index contributed by atoms with van der Waals surface area (Å²) in [5, 5.41) is 0. The minimum atomic E-state index is -2.28. The number of Topliss-reactive ketones (excluding diaryl/α,β-unsaturated/α-hetero) is 1. The van der Waals surface area contributed by atoms with Crippen molar-refractivity contribution in [2.45, 2.75) is 142 Å². The molecule has 1 aliphatic heterocycles. The Morgan fingerprint density at radius 1 is 0.774 bits per heavy atom. The maximum absolute atomic E-state index is 13.6. The number of ether oxygens (including phenoxy) is 6. The highest BCUT2D eigenvalue weighted by Gasteiger charge is 2.51. The molecule has 338 valence electrons. The van der Waals surface area contributed by atoms with Crippen molar-refractivity contribution in [3.05, 3.63) is 138 Å². The summed E-state index contributed by atoms with van der Waals surface area (Å²) in [4.78, 5) is 13.6. The molecule has 4 aromatic carbocycles. The lowest BCUT2D eigenvalue weighted by molar-refractivity contribution is -0.333. The van der Waals surface area contributed by atoms with Crippen LogP contribution < -0.4 is 4.74 Å². The molecule has 8 nitrogen and oxygen atoms in total. The van der Waals surface area contributed by atoms with E-state index in [1.165, 1.54) is 0 Å².